The molecule has 4 amide bonds. The number of carbonyl (C=O) groups is 4. The largest absolute Gasteiger partial charge is 0.476 e. The minimum Gasteiger partial charge on any atom is -0.476 e. The molecule has 1 saturated heterocycles. The number of nitrogens with one attached hydrogen (secondary N) is 1. The molecule has 0 bridgehead atoms. The number of ether oxygens (including phenoxy) is 3. The summed E-state index contributed by atoms with van der Waals surface area (Å²) < 4.78 is 16.9. The zero-order valence-corrected chi connectivity index (χ0v) is 26.6. The monoisotopic (exact) mass is 608 g/mol. The molecule has 1 fully saturated rings. The van der Waals surface area contributed by atoms with Crippen molar-refractivity contribution in [3.05, 3.63) is 59.7 Å². The normalized spacial score (nSPS) is 17.7. The van der Waals surface area contributed by atoms with Crippen molar-refractivity contribution in [1.82, 2.24) is 15.1 Å². The summed E-state index contributed by atoms with van der Waals surface area (Å²) in [7, 11) is 0. The van der Waals surface area contributed by atoms with Gasteiger partial charge in [-0.3, -0.25) is 9.59 Å². The number of nitrogens with zero attached hydrogens (tertiary/aromatic N) is 3. The summed E-state index contributed by atoms with van der Waals surface area (Å²) in [6.07, 6.45) is 0.539. The quantitative estimate of drug-likeness (QED) is 0.449. The third-order valence-electron chi connectivity index (χ3n) is 7.53. The van der Waals surface area contributed by atoms with Crippen molar-refractivity contribution < 1.29 is 33.4 Å². The highest BCUT2D eigenvalue weighted by atomic mass is 16.6. The number of piperidine rings is 1. The second kappa shape index (κ2) is 13.6. The number of benzene rings is 2. The van der Waals surface area contributed by atoms with E-state index >= 15 is 0 Å². The Morgan fingerprint density at radius 3 is 2.52 bits per heavy atom. The maximum Gasteiger partial charge on any atom is 0.410 e. The van der Waals surface area contributed by atoms with Crippen LogP contribution in [-0.4, -0.2) is 83.8 Å². The van der Waals surface area contributed by atoms with E-state index in [1.165, 1.54) is 4.90 Å². The number of hydrogen-bond acceptors (Lipinski definition) is 7. The Morgan fingerprint density at radius 2 is 1.84 bits per heavy atom. The molecule has 0 saturated carbocycles. The van der Waals surface area contributed by atoms with E-state index < -0.39 is 17.3 Å². The van der Waals surface area contributed by atoms with Crippen molar-refractivity contribution in [1.29, 1.82) is 0 Å². The van der Waals surface area contributed by atoms with Gasteiger partial charge in [0, 0.05) is 44.3 Å². The predicted octanol–water partition coefficient (Wildman–Crippen LogP) is 4.98. The number of rotatable bonds is 8. The standard InChI is InChI=1S/C33H44N4O7/c1-7-36(25-14-11-18-35(21-25)31(41)44-32(2,3)4)28(38)24-15-16-27-26(20-24)37(29(39)33(5,6)43-27)19-17-34-30(40)42-22-23-12-9-8-10-13-23/h8-10,12-13,15-16,20,25H,7,11,14,17-19,21-22H2,1-6H3,(H,34,40)/t25-/m1/s1. The van der Waals surface area contributed by atoms with Crippen LogP contribution >= 0.6 is 0 Å². The second-order valence-corrected chi connectivity index (χ2v) is 12.6. The van der Waals surface area contributed by atoms with Crippen LogP contribution < -0.4 is 15.0 Å². The van der Waals surface area contributed by atoms with Crippen LogP contribution in [-0.2, 0) is 20.9 Å². The molecule has 238 valence electrons. The summed E-state index contributed by atoms with van der Waals surface area (Å²) in [6.45, 7) is 12.6. The van der Waals surface area contributed by atoms with Gasteiger partial charge in [-0.05, 0) is 78.1 Å². The highest BCUT2D eigenvalue weighted by Gasteiger charge is 2.41. The first-order valence-corrected chi connectivity index (χ1v) is 15.2. The van der Waals surface area contributed by atoms with E-state index in [0.717, 1.165) is 18.4 Å². The van der Waals surface area contributed by atoms with Crippen LogP contribution in [0.25, 0.3) is 0 Å². The number of alkyl carbamates (subject to hydrolysis) is 1. The van der Waals surface area contributed by atoms with Crippen LogP contribution in [0.4, 0.5) is 15.3 Å². The smallest absolute Gasteiger partial charge is 0.410 e. The highest BCUT2D eigenvalue weighted by Crippen LogP contribution is 2.38. The lowest BCUT2D eigenvalue weighted by Crippen LogP contribution is -2.54. The van der Waals surface area contributed by atoms with E-state index in [1.807, 2.05) is 58.0 Å². The first-order valence-electron chi connectivity index (χ1n) is 15.2. The van der Waals surface area contributed by atoms with E-state index in [-0.39, 0.29) is 43.6 Å². The third-order valence-corrected chi connectivity index (χ3v) is 7.53. The summed E-state index contributed by atoms with van der Waals surface area (Å²) in [5, 5.41) is 2.70. The van der Waals surface area contributed by atoms with Crippen LogP contribution in [0, 0.1) is 0 Å². The maximum absolute atomic E-state index is 13.8. The van der Waals surface area contributed by atoms with Crippen molar-refractivity contribution in [3.8, 4) is 5.75 Å². The molecular formula is C33H44N4O7. The number of hydrogen-bond donors (Lipinski definition) is 1. The lowest BCUT2D eigenvalue weighted by Gasteiger charge is -2.40. The minimum absolute atomic E-state index is 0.134. The summed E-state index contributed by atoms with van der Waals surface area (Å²) in [5.41, 5.74) is -0.0165. The molecule has 2 aromatic carbocycles. The van der Waals surface area contributed by atoms with E-state index in [9.17, 15) is 19.2 Å². The lowest BCUT2D eigenvalue weighted by molar-refractivity contribution is -0.132. The number of likely N-dealkylation sites (N-methyl/N-ethyl adjacent to an activating group) is 1. The van der Waals surface area contributed by atoms with Crippen LogP contribution in [0.5, 0.6) is 5.75 Å². The van der Waals surface area contributed by atoms with Gasteiger partial charge in [-0.25, -0.2) is 9.59 Å². The van der Waals surface area contributed by atoms with Crippen LogP contribution in [0.1, 0.15) is 70.3 Å². The number of likely N-dealkylation sites (tertiary alicyclic amines) is 1. The summed E-state index contributed by atoms with van der Waals surface area (Å²) in [5.74, 6) is -0.0255. The highest BCUT2D eigenvalue weighted by molar-refractivity contribution is 6.04. The summed E-state index contributed by atoms with van der Waals surface area (Å²) >= 11 is 0. The average Bonchev–Trinajstić information content (AvgIpc) is 2.98. The predicted molar refractivity (Wildman–Crippen MR) is 166 cm³/mol. The van der Waals surface area contributed by atoms with E-state index in [2.05, 4.69) is 5.32 Å². The molecule has 0 radical (unpaired) electrons. The van der Waals surface area contributed by atoms with Gasteiger partial charge < -0.3 is 34.2 Å². The molecule has 2 aliphatic rings. The molecule has 2 aromatic rings. The van der Waals surface area contributed by atoms with Crippen molar-refractivity contribution in [2.75, 3.05) is 37.6 Å². The van der Waals surface area contributed by atoms with Crippen molar-refractivity contribution in [2.45, 2.75) is 78.2 Å². The molecule has 4 rings (SSSR count). The Morgan fingerprint density at radius 1 is 1.11 bits per heavy atom. The molecule has 0 spiro atoms. The second-order valence-electron chi connectivity index (χ2n) is 12.6. The van der Waals surface area contributed by atoms with Gasteiger partial charge >= 0.3 is 12.2 Å². The summed E-state index contributed by atoms with van der Waals surface area (Å²) in [6, 6.07) is 14.2. The summed E-state index contributed by atoms with van der Waals surface area (Å²) in [4.78, 5) is 57.3. The number of anilines is 1. The van der Waals surface area contributed by atoms with Crippen LogP contribution in [0.15, 0.2) is 48.5 Å². The van der Waals surface area contributed by atoms with Gasteiger partial charge in [0.15, 0.2) is 5.60 Å². The van der Waals surface area contributed by atoms with Crippen molar-refractivity contribution in [2.24, 2.45) is 0 Å². The molecular weight excluding hydrogens is 564 g/mol. The number of carbonyl (C=O) groups excluding carboxylic acids is 4. The third kappa shape index (κ3) is 8.00. The molecule has 0 unspecified atom stereocenters. The van der Waals surface area contributed by atoms with Gasteiger partial charge in [0.05, 0.1) is 5.69 Å². The van der Waals surface area contributed by atoms with Gasteiger partial charge in [-0.15, -0.1) is 0 Å². The van der Waals surface area contributed by atoms with Crippen molar-refractivity contribution >= 4 is 29.7 Å². The molecule has 44 heavy (non-hydrogen) atoms. The van der Waals surface area contributed by atoms with Gasteiger partial charge in [-0.2, -0.15) is 0 Å². The Kier molecular flexibility index (Phi) is 10.1. The minimum atomic E-state index is -1.13. The van der Waals surface area contributed by atoms with Gasteiger partial charge in [0.1, 0.15) is 18.0 Å². The Hall–Kier alpha value is -4.28. The fourth-order valence-electron chi connectivity index (χ4n) is 5.40. The van der Waals surface area contributed by atoms with Crippen molar-refractivity contribution in [3.63, 3.8) is 0 Å². The fourth-order valence-corrected chi connectivity index (χ4v) is 5.40. The maximum atomic E-state index is 13.8. The lowest BCUT2D eigenvalue weighted by atomic mass is 10.0. The first kappa shape index (κ1) is 32.6. The van der Waals surface area contributed by atoms with E-state index in [1.54, 1.807) is 41.8 Å². The zero-order valence-electron chi connectivity index (χ0n) is 26.6. The van der Waals surface area contributed by atoms with Gasteiger partial charge in [-0.1, -0.05) is 30.3 Å². The average molecular weight is 609 g/mol. The SMILES string of the molecule is CCN(C(=O)c1ccc2c(c1)N(CCNC(=O)OCc1ccccc1)C(=O)C(C)(C)O2)[C@@H]1CCCN(C(=O)OC(C)(C)C)C1. The number of fused-ring (bicyclic) bond motifs is 1. The molecule has 1 N–H and O–H groups in total. The molecule has 0 aliphatic carbocycles. The van der Waals surface area contributed by atoms with Gasteiger partial charge in [0.25, 0.3) is 11.8 Å². The molecule has 0 aromatic heterocycles. The van der Waals surface area contributed by atoms with Crippen LogP contribution in [0.2, 0.25) is 0 Å². The fraction of sp³-hybridized carbons (Fsp3) is 0.515. The molecule has 11 nitrogen and oxygen atoms in total. The topological polar surface area (TPSA) is 118 Å². The molecule has 2 heterocycles. The number of amides is 4. The van der Waals surface area contributed by atoms with Gasteiger partial charge in [0.2, 0.25) is 0 Å². The Bertz CT molecular complexity index is 1360. The van der Waals surface area contributed by atoms with E-state index in [0.29, 0.717) is 36.6 Å². The Labute approximate surface area is 259 Å². The first-order chi connectivity index (χ1) is 20.8. The molecule has 11 heteroatoms. The van der Waals surface area contributed by atoms with E-state index in [4.69, 9.17) is 14.2 Å². The molecule has 1 atom stereocenters. The van der Waals surface area contributed by atoms with Crippen LogP contribution in [0.3, 0.4) is 0 Å². The molecule has 2 aliphatic heterocycles. The Balaban J connectivity index is 1.46. The zero-order chi connectivity index (χ0) is 32.1.